The Hall–Kier alpha value is -1.24. The first-order valence-electron chi connectivity index (χ1n) is 6.61. The summed E-state index contributed by atoms with van der Waals surface area (Å²) in [5.41, 5.74) is 1.96. The van der Waals surface area contributed by atoms with Gasteiger partial charge in [-0.25, -0.2) is 0 Å². The number of hydrogen-bond donors (Lipinski definition) is 3. The molecule has 2 heterocycles. The van der Waals surface area contributed by atoms with Crippen LogP contribution in [0.15, 0.2) is 22.7 Å². The summed E-state index contributed by atoms with van der Waals surface area (Å²) in [6, 6.07) is 4.09. The molecule has 0 fully saturated rings. The van der Waals surface area contributed by atoms with Crippen LogP contribution in [0.4, 0.5) is 0 Å². The van der Waals surface area contributed by atoms with Crippen molar-refractivity contribution in [1.82, 2.24) is 15.5 Å². The lowest BCUT2D eigenvalue weighted by atomic mass is 10.2. The van der Waals surface area contributed by atoms with Crippen LogP contribution in [-0.4, -0.2) is 39.5 Å². The first kappa shape index (κ1) is 15.2. The summed E-state index contributed by atoms with van der Waals surface area (Å²) in [6.07, 6.45) is 3.81. The summed E-state index contributed by atoms with van der Waals surface area (Å²) in [7, 11) is 0. The van der Waals surface area contributed by atoms with Crippen LogP contribution in [-0.2, 0) is 6.54 Å². The lowest BCUT2D eigenvalue weighted by Gasteiger charge is -2.21. The first-order chi connectivity index (χ1) is 9.65. The van der Waals surface area contributed by atoms with Gasteiger partial charge in [0.05, 0.1) is 12.8 Å². The molecule has 2 unspecified atom stereocenters. The minimum atomic E-state index is 0.172. The maximum absolute atomic E-state index is 9.29. The number of nitrogens with one attached hydrogen (secondary N) is 2. The lowest BCUT2D eigenvalue weighted by molar-refractivity contribution is 0.276. The molecule has 0 saturated carbocycles. The van der Waals surface area contributed by atoms with Crippen molar-refractivity contribution in [3.8, 4) is 11.5 Å². The highest BCUT2D eigenvalue weighted by Crippen LogP contribution is 2.23. The molecule has 3 N–H and O–H groups in total. The zero-order valence-corrected chi connectivity index (χ0v) is 12.8. The lowest BCUT2D eigenvalue weighted by Crippen LogP contribution is -2.37. The van der Waals surface area contributed by atoms with E-state index in [0.29, 0.717) is 6.54 Å². The van der Waals surface area contributed by atoms with Crippen LogP contribution >= 0.6 is 11.8 Å². The van der Waals surface area contributed by atoms with Gasteiger partial charge in [0, 0.05) is 23.4 Å². The smallest absolute Gasteiger partial charge is 0.152 e. The van der Waals surface area contributed by atoms with E-state index in [1.807, 2.05) is 25.3 Å². The molecule has 0 aromatic carbocycles. The van der Waals surface area contributed by atoms with E-state index >= 15 is 0 Å². The predicted molar refractivity (Wildman–Crippen MR) is 81.7 cm³/mol. The quantitative estimate of drug-likeness (QED) is 0.730. The third-order valence-electron chi connectivity index (χ3n) is 3.36. The third-order valence-corrected chi connectivity index (χ3v) is 4.52. The Morgan fingerprint density at radius 1 is 1.50 bits per heavy atom. The van der Waals surface area contributed by atoms with Crippen molar-refractivity contribution >= 4 is 11.8 Å². The summed E-state index contributed by atoms with van der Waals surface area (Å²) in [5, 5.41) is 20.0. The summed E-state index contributed by atoms with van der Waals surface area (Å²) in [4.78, 5) is 0. The van der Waals surface area contributed by atoms with Crippen molar-refractivity contribution in [2.75, 3.05) is 12.9 Å². The predicted octanol–water partition coefficient (Wildman–Crippen LogP) is 2.18. The minimum absolute atomic E-state index is 0.172. The zero-order chi connectivity index (χ0) is 14.5. The number of rotatable bonds is 7. The van der Waals surface area contributed by atoms with Crippen LogP contribution in [0.2, 0.25) is 0 Å². The molecule has 0 amide bonds. The topological polar surface area (TPSA) is 74.1 Å². The van der Waals surface area contributed by atoms with Gasteiger partial charge in [-0.1, -0.05) is 0 Å². The van der Waals surface area contributed by atoms with Gasteiger partial charge in [0.25, 0.3) is 0 Å². The number of aryl methyl sites for hydroxylation is 1. The van der Waals surface area contributed by atoms with Gasteiger partial charge in [-0.15, -0.1) is 0 Å². The van der Waals surface area contributed by atoms with Crippen molar-refractivity contribution in [2.24, 2.45) is 0 Å². The Balaban J connectivity index is 2.03. The van der Waals surface area contributed by atoms with Gasteiger partial charge >= 0.3 is 0 Å². The van der Waals surface area contributed by atoms with E-state index in [1.54, 1.807) is 18.0 Å². The van der Waals surface area contributed by atoms with Crippen molar-refractivity contribution in [2.45, 2.75) is 31.7 Å². The Kier molecular flexibility index (Phi) is 5.28. The van der Waals surface area contributed by atoms with E-state index < -0.39 is 0 Å². The molecule has 0 saturated heterocycles. The monoisotopic (exact) mass is 295 g/mol. The van der Waals surface area contributed by atoms with Gasteiger partial charge in [0.15, 0.2) is 5.76 Å². The van der Waals surface area contributed by atoms with E-state index in [4.69, 9.17) is 4.42 Å². The highest BCUT2D eigenvalue weighted by Gasteiger charge is 2.16. The number of thioether (sulfide) groups is 1. The van der Waals surface area contributed by atoms with Crippen LogP contribution in [0.1, 0.15) is 18.2 Å². The molecule has 2 aromatic rings. The van der Waals surface area contributed by atoms with Crippen LogP contribution in [0.5, 0.6) is 0 Å². The molecule has 0 radical (unpaired) electrons. The molecule has 20 heavy (non-hydrogen) atoms. The molecular weight excluding hydrogens is 274 g/mol. The average molecular weight is 295 g/mol. The SMILES string of the molecule is CSC(CO)C(C)NCc1cn[nH]c1-c1ccc(C)o1. The standard InChI is InChI=1S/C14H21N3O2S/c1-9-4-5-12(19-9)14-11(7-16-17-14)6-15-10(2)13(8-18)20-3/h4-5,7,10,13,15,18H,6,8H2,1-3H3,(H,16,17). The number of furan rings is 1. The van der Waals surface area contributed by atoms with E-state index in [0.717, 1.165) is 22.8 Å². The maximum Gasteiger partial charge on any atom is 0.152 e. The van der Waals surface area contributed by atoms with E-state index in [-0.39, 0.29) is 17.9 Å². The molecule has 0 aliphatic rings. The second kappa shape index (κ2) is 6.97. The van der Waals surface area contributed by atoms with Gasteiger partial charge in [-0.05, 0) is 32.2 Å². The summed E-state index contributed by atoms with van der Waals surface area (Å²) < 4.78 is 5.62. The third kappa shape index (κ3) is 3.45. The van der Waals surface area contributed by atoms with Crippen LogP contribution in [0.3, 0.4) is 0 Å². The van der Waals surface area contributed by atoms with Crippen molar-refractivity contribution in [1.29, 1.82) is 0 Å². The fourth-order valence-corrected chi connectivity index (χ4v) is 2.72. The molecule has 110 valence electrons. The first-order valence-corrected chi connectivity index (χ1v) is 7.90. The molecule has 0 aliphatic carbocycles. The fraction of sp³-hybridized carbons (Fsp3) is 0.500. The zero-order valence-electron chi connectivity index (χ0n) is 12.0. The van der Waals surface area contributed by atoms with E-state index in [2.05, 4.69) is 22.4 Å². The number of hydrogen-bond acceptors (Lipinski definition) is 5. The number of aromatic nitrogens is 2. The second-order valence-electron chi connectivity index (χ2n) is 4.81. The summed E-state index contributed by atoms with van der Waals surface area (Å²) in [5.74, 6) is 1.68. The molecule has 2 atom stereocenters. The van der Waals surface area contributed by atoms with Crippen LogP contribution in [0.25, 0.3) is 11.5 Å². The van der Waals surface area contributed by atoms with Gasteiger partial charge < -0.3 is 14.8 Å². The highest BCUT2D eigenvalue weighted by atomic mass is 32.2. The second-order valence-corrected chi connectivity index (χ2v) is 5.88. The number of aliphatic hydroxyl groups is 1. The number of aliphatic hydroxyl groups excluding tert-OH is 1. The normalized spacial score (nSPS) is 14.4. The van der Waals surface area contributed by atoms with Crippen molar-refractivity contribution in [3.63, 3.8) is 0 Å². The molecule has 6 heteroatoms. The maximum atomic E-state index is 9.29. The Bertz CT molecular complexity index is 534. The largest absolute Gasteiger partial charge is 0.460 e. The molecule has 2 rings (SSSR count). The highest BCUT2D eigenvalue weighted by molar-refractivity contribution is 7.99. The molecule has 2 aromatic heterocycles. The van der Waals surface area contributed by atoms with Gasteiger partial charge in [0.1, 0.15) is 11.5 Å². The van der Waals surface area contributed by atoms with Gasteiger partial charge in [-0.2, -0.15) is 16.9 Å². The summed E-state index contributed by atoms with van der Waals surface area (Å²) >= 11 is 1.66. The summed E-state index contributed by atoms with van der Waals surface area (Å²) in [6.45, 7) is 4.85. The Labute approximate surface area is 123 Å². The van der Waals surface area contributed by atoms with Crippen molar-refractivity contribution < 1.29 is 9.52 Å². The number of aromatic amines is 1. The molecule has 0 spiro atoms. The minimum Gasteiger partial charge on any atom is -0.460 e. The number of nitrogens with zero attached hydrogens (tertiary/aromatic N) is 1. The number of H-pyrrole nitrogens is 1. The fourth-order valence-electron chi connectivity index (χ4n) is 2.07. The van der Waals surface area contributed by atoms with Crippen LogP contribution < -0.4 is 5.32 Å². The Morgan fingerprint density at radius 3 is 2.90 bits per heavy atom. The molecule has 5 nitrogen and oxygen atoms in total. The molecule has 0 bridgehead atoms. The Morgan fingerprint density at radius 2 is 2.30 bits per heavy atom. The van der Waals surface area contributed by atoms with Crippen LogP contribution in [0, 0.1) is 6.92 Å². The van der Waals surface area contributed by atoms with Gasteiger partial charge in [0.2, 0.25) is 0 Å². The molecule has 0 aliphatic heterocycles. The van der Waals surface area contributed by atoms with E-state index in [1.165, 1.54) is 0 Å². The van der Waals surface area contributed by atoms with E-state index in [9.17, 15) is 5.11 Å². The average Bonchev–Trinajstić information content (AvgIpc) is 3.06. The van der Waals surface area contributed by atoms with Crippen molar-refractivity contribution in [3.05, 3.63) is 29.7 Å². The van der Waals surface area contributed by atoms with Gasteiger partial charge in [-0.3, -0.25) is 5.10 Å². The molecular formula is C14H21N3O2S.